The summed E-state index contributed by atoms with van der Waals surface area (Å²) in [5.74, 6) is -0.894. The number of amides is 3. The highest BCUT2D eigenvalue weighted by molar-refractivity contribution is 6.12. The van der Waals surface area contributed by atoms with Gasteiger partial charge in [0.1, 0.15) is 24.2 Å². The summed E-state index contributed by atoms with van der Waals surface area (Å²) in [6.07, 6.45) is -1.58. The van der Waals surface area contributed by atoms with E-state index in [0.717, 1.165) is 0 Å². The number of carbonyl (C=O) groups excluding carboxylic acids is 3. The molecular weight excluding hydrogens is 374 g/mol. The zero-order valence-electron chi connectivity index (χ0n) is 16.0. The molecule has 1 atom stereocenters. The van der Waals surface area contributed by atoms with Crippen LogP contribution in [-0.2, 0) is 27.5 Å². The molecule has 0 fully saturated rings. The van der Waals surface area contributed by atoms with E-state index >= 15 is 0 Å². The van der Waals surface area contributed by atoms with E-state index in [9.17, 15) is 14.4 Å². The highest BCUT2D eigenvalue weighted by Crippen LogP contribution is 2.08. The first-order chi connectivity index (χ1) is 14.0. The second kappa shape index (κ2) is 11.7. The molecular formula is C21H25N3O5+. The molecule has 0 saturated heterocycles. The van der Waals surface area contributed by atoms with Crippen molar-refractivity contribution in [3.63, 3.8) is 0 Å². The fraction of sp³-hybridized carbons (Fsp3) is 0.286. The van der Waals surface area contributed by atoms with Crippen LogP contribution in [0.2, 0.25) is 0 Å². The molecule has 8 heteroatoms. The van der Waals surface area contributed by atoms with Gasteiger partial charge in [0.25, 0.3) is 0 Å². The van der Waals surface area contributed by atoms with E-state index in [0.29, 0.717) is 29.0 Å². The van der Waals surface area contributed by atoms with E-state index in [2.05, 4.69) is 0 Å². The highest BCUT2D eigenvalue weighted by Gasteiger charge is 2.49. The highest BCUT2D eigenvalue weighted by atomic mass is 16.6. The van der Waals surface area contributed by atoms with Gasteiger partial charge in [-0.15, -0.1) is 0 Å². The molecule has 0 aliphatic carbocycles. The third-order valence-corrected chi connectivity index (χ3v) is 4.03. The van der Waals surface area contributed by atoms with Crippen LogP contribution in [0.3, 0.4) is 0 Å². The van der Waals surface area contributed by atoms with Gasteiger partial charge in [0.2, 0.25) is 0 Å². The maximum atomic E-state index is 12.6. The lowest BCUT2D eigenvalue weighted by molar-refractivity contribution is -0.125. The lowest BCUT2D eigenvalue weighted by atomic mass is 10.1. The average molecular weight is 399 g/mol. The molecule has 0 spiro atoms. The number of benzene rings is 2. The quantitative estimate of drug-likeness (QED) is 0.652. The molecule has 0 aliphatic rings. The van der Waals surface area contributed by atoms with E-state index in [1.165, 1.54) is 0 Å². The van der Waals surface area contributed by atoms with Crippen LogP contribution >= 0.6 is 0 Å². The Kier molecular flexibility index (Phi) is 8.97. The Hall–Kier alpha value is -3.07. The standard InChI is InChI=1S/C21H25N3O5/c22-13-7-12-18(23)19(25)24(20(26)28-14-16-8-3-1-4-9-16)21(27)29-15-17-10-5-2-6-11-17/h1-6,8-11,18H,7,12-15,22-23H2/q+1/t18-/m0/s1. The average Bonchev–Trinajstić information content (AvgIpc) is 2.76. The Morgan fingerprint density at radius 2 is 1.28 bits per heavy atom. The van der Waals surface area contributed by atoms with Crippen molar-refractivity contribution in [2.24, 2.45) is 11.5 Å². The number of imide groups is 3. The summed E-state index contributed by atoms with van der Waals surface area (Å²) in [5.41, 5.74) is 12.7. The van der Waals surface area contributed by atoms with Crippen molar-refractivity contribution in [3.05, 3.63) is 71.8 Å². The van der Waals surface area contributed by atoms with Crippen molar-refractivity contribution in [3.8, 4) is 0 Å². The number of hydrogen-bond donors (Lipinski definition) is 2. The zero-order valence-corrected chi connectivity index (χ0v) is 16.0. The molecule has 8 nitrogen and oxygen atoms in total. The molecule has 0 bridgehead atoms. The summed E-state index contributed by atoms with van der Waals surface area (Å²) in [6, 6.07) is 16.7. The number of rotatable bonds is 8. The van der Waals surface area contributed by atoms with E-state index in [4.69, 9.17) is 20.9 Å². The van der Waals surface area contributed by atoms with Gasteiger partial charge in [-0.1, -0.05) is 60.7 Å². The van der Waals surface area contributed by atoms with Crippen molar-refractivity contribution in [1.29, 1.82) is 0 Å². The first kappa shape index (κ1) is 22.2. The number of nitrogens with zero attached hydrogens (tertiary/aromatic N) is 1. The molecule has 0 aromatic heterocycles. The van der Waals surface area contributed by atoms with E-state index in [-0.39, 0.29) is 19.6 Å². The van der Waals surface area contributed by atoms with Crippen molar-refractivity contribution < 1.29 is 23.9 Å². The lowest BCUT2D eigenvalue weighted by Gasteiger charge is -2.11. The van der Waals surface area contributed by atoms with Gasteiger partial charge in [0, 0.05) is 0 Å². The van der Waals surface area contributed by atoms with Gasteiger partial charge in [-0.25, -0.2) is 4.79 Å². The SMILES string of the molecule is NCCC[C@H](N)C(=O)[N+](C(=O)OCc1ccccc1)C(=O)OCc1ccccc1. The van der Waals surface area contributed by atoms with E-state index in [1.54, 1.807) is 48.5 Å². The third-order valence-electron chi connectivity index (χ3n) is 4.03. The van der Waals surface area contributed by atoms with Crippen LogP contribution in [0.15, 0.2) is 60.7 Å². The molecule has 4 N–H and O–H groups in total. The van der Waals surface area contributed by atoms with E-state index in [1.807, 2.05) is 12.1 Å². The molecule has 2 rings (SSSR count). The third kappa shape index (κ3) is 7.11. The molecule has 1 radical (unpaired) electrons. The first-order valence-corrected chi connectivity index (χ1v) is 9.24. The van der Waals surface area contributed by atoms with Crippen LogP contribution in [0.25, 0.3) is 0 Å². The van der Waals surface area contributed by atoms with Gasteiger partial charge >= 0.3 is 18.1 Å². The van der Waals surface area contributed by atoms with Gasteiger partial charge in [0.05, 0.1) is 0 Å². The summed E-state index contributed by atoms with van der Waals surface area (Å²) in [7, 11) is 0. The molecule has 2 aromatic rings. The number of carbonyl (C=O) groups is 3. The van der Waals surface area contributed by atoms with Gasteiger partial charge in [0.15, 0.2) is 0 Å². The monoisotopic (exact) mass is 399 g/mol. The van der Waals surface area contributed by atoms with Crippen molar-refractivity contribution in [2.45, 2.75) is 32.1 Å². The molecule has 0 saturated carbocycles. The minimum absolute atomic E-state index is 0.104. The number of ether oxygens (including phenoxy) is 2. The first-order valence-electron chi connectivity index (χ1n) is 9.24. The Bertz CT molecular complexity index is 743. The minimum atomic E-state index is -1.14. The Labute approximate surface area is 169 Å². The summed E-state index contributed by atoms with van der Waals surface area (Å²) in [4.78, 5) is 37.9. The zero-order chi connectivity index (χ0) is 21.1. The Balaban J connectivity index is 2.07. The van der Waals surface area contributed by atoms with Crippen LogP contribution in [0.4, 0.5) is 9.59 Å². The smallest absolute Gasteiger partial charge is 0.411 e. The normalized spacial score (nSPS) is 11.7. The summed E-state index contributed by atoms with van der Waals surface area (Å²) < 4.78 is 10.2. The molecule has 0 unspecified atom stereocenters. The molecule has 3 amide bonds. The van der Waals surface area contributed by atoms with Gasteiger partial charge < -0.3 is 20.9 Å². The number of nitrogens with two attached hydrogens (primary N) is 2. The Morgan fingerprint density at radius 1 is 0.828 bits per heavy atom. The van der Waals surface area contributed by atoms with Gasteiger partial charge in [-0.2, -0.15) is 9.59 Å². The van der Waals surface area contributed by atoms with Crippen LogP contribution in [0.5, 0.6) is 0 Å². The van der Waals surface area contributed by atoms with Crippen LogP contribution in [0.1, 0.15) is 24.0 Å². The van der Waals surface area contributed by atoms with Gasteiger partial charge in [-0.05, 0) is 30.5 Å². The molecule has 29 heavy (non-hydrogen) atoms. The fourth-order valence-electron chi connectivity index (χ4n) is 2.45. The van der Waals surface area contributed by atoms with Crippen LogP contribution in [0, 0.1) is 0 Å². The van der Waals surface area contributed by atoms with Crippen molar-refractivity contribution in [2.75, 3.05) is 6.54 Å². The second-order valence-corrected chi connectivity index (χ2v) is 6.29. The predicted molar refractivity (Wildman–Crippen MR) is 107 cm³/mol. The Morgan fingerprint density at radius 3 is 1.69 bits per heavy atom. The topological polar surface area (TPSA) is 128 Å². The van der Waals surface area contributed by atoms with Gasteiger partial charge in [-0.3, -0.25) is 0 Å². The minimum Gasteiger partial charge on any atom is -0.411 e. The largest absolute Gasteiger partial charge is 0.587 e. The van der Waals surface area contributed by atoms with Crippen molar-refractivity contribution >= 4 is 18.1 Å². The summed E-state index contributed by atoms with van der Waals surface area (Å²) >= 11 is 0. The summed E-state index contributed by atoms with van der Waals surface area (Å²) in [6.45, 7) is 0.124. The summed E-state index contributed by atoms with van der Waals surface area (Å²) in [5, 5.41) is 0. The van der Waals surface area contributed by atoms with Crippen molar-refractivity contribution in [1.82, 2.24) is 4.90 Å². The van der Waals surface area contributed by atoms with Crippen LogP contribution in [-0.4, -0.2) is 30.7 Å². The van der Waals surface area contributed by atoms with Crippen LogP contribution < -0.4 is 16.4 Å². The molecule has 2 aromatic carbocycles. The lowest BCUT2D eigenvalue weighted by Crippen LogP contribution is -2.54. The molecule has 0 aliphatic heterocycles. The predicted octanol–water partition coefficient (Wildman–Crippen LogP) is 2.39. The molecule has 153 valence electrons. The fourth-order valence-corrected chi connectivity index (χ4v) is 2.45. The molecule has 0 heterocycles. The van der Waals surface area contributed by atoms with E-state index < -0.39 is 24.1 Å². The maximum Gasteiger partial charge on any atom is 0.587 e. The second-order valence-electron chi connectivity index (χ2n) is 6.29. The maximum absolute atomic E-state index is 12.6. The number of hydrogen-bond acceptors (Lipinski definition) is 7.